The van der Waals surface area contributed by atoms with Crippen LogP contribution in [0.4, 0.5) is 0 Å². The van der Waals surface area contributed by atoms with Crippen molar-refractivity contribution in [2.75, 3.05) is 13.1 Å². The lowest BCUT2D eigenvalue weighted by atomic mass is 9.97. The Kier molecular flexibility index (Phi) is 3.64. The quantitative estimate of drug-likeness (QED) is 0.743. The zero-order chi connectivity index (χ0) is 15.1. The lowest BCUT2D eigenvalue weighted by Gasteiger charge is -2.25. The van der Waals surface area contributed by atoms with Crippen molar-refractivity contribution in [3.05, 3.63) is 0 Å². The van der Waals surface area contributed by atoms with Crippen LogP contribution in [-0.4, -0.2) is 35.3 Å². The van der Waals surface area contributed by atoms with Crippen molar-refractivity contribution < 1.29 is 9.59 Å². The van der Waals surface area contributed by atoms with Crippen LogP contribution in [0, 0.1) is 28.6 Å². The first kappa shape index (κ1) is 15.0. The van der Waals surface area contributed by atoms with E-state index >= 15 is 0 Å². The maximum Gasteiger partial charge on any atom is 0.233 e. The highest BCUT2D eigenvalue weighted by Gasteiger charge is 2.72. The van der Waals surface area contributed by atoms with Gasteiger partial charge in [0, 0.05) is 6.54 Å². The number of nitriles is 1. The second kappa shape index (κ2) is 4.85. The van der Waals surface area contributed by atoms with E-state index < -0.39 is 5.54 Å². The minimum atomic E-state index is -0.581. The SMILES string of the molecule is CCNC(C)(C#N)CCCN1C(=O)C2C(C1=O)C2(C)C. The standard InChI is InChI=1S/C15H23N3O2/c1-5-17-15(4,9-16)7-6-8-18-12(19)10-11(13(18)20)14(10,2)3/h10-11,17H,5-8H2,1-4H3. The number of carbonyl (C=O) groups is 2. The zero-order valence-electron chi connectivity index (χ0n) is 12.7. The van der Waals surface area contributed by atoms with Crippen LogP contribution >= 0.6 is 0 Å². The highest BCUT2D eigenvalue weighted by atomic mass is 16.2. The predicted octanol–water partition coefficient (Wildman–Crippen LogP) is 1.30. The van der Waals surface area contributed by atoms with Crippen LogP contribution < -0.4 is 5.32 Å². The molecule has 20 heavy (non-hydrogen) atoms. The molecule has 0 bridgehead atoms. The second-order valence-corrected chi connectivity index (χ2v) is 6.68. The van der Waals surface area contributed by atoms with Crippen molar-refractivity contribution in [3.63, 3.8) is 0 Å². The summed E-state index contributed by atoms with van der Waals surface area (Å²) in [5.41, 5.74) is -0.724. The maximum atomic E-state index is 12.1. The molecule has 2 rings (SSSR count). The van der Waals surface area contributed by atoms with Gasteiger partial charge in [-0.25, -0.2) is 0 Å². The van der Waals surface area contributed by atoms with E-state index in [1.165, 1.54) is 4.90 Å². The minimum absolute atomic E-state index is 0.0212. The molecule has 5 nitrogen and oxygen atoms in total. The summed E-state index contributed by atoms with van der Waals surface area (Å²) < 4.78 is 0. The number of amides is 2. The summed E-state index contributed by atoms with van der Waals surface area (Å²) in [5, 5.41) is 12.3. The molecule has 5 heteroatoms. The Balaban J connectivity index is 1.87. The topological polar surface area (TPSA) is 73.2 Å². The molecule has 0 aromatic rings. The monoisotopic (exact) mass is 277 g/mol. The van der Waals surface area contributed by atoms with Gasteiger partial charge in [-0.05, 0) is 31.7 Å². The average molecular weight is 277 g/mol. The Morgan fingerprint density at radius 2 is 1.90 bits per heavy atom. The van der Waals surface area contributed by atoms with Crippen molar-refractivity contribution in [2.45, 2.75) is 46.1 Å². The number of imide groups is 1. The van der Waals surface area contributed by atoms with E-state index in [4.69, 9.17) is 0 Å². The van der Waals surface area contributed by atoms with Gasteiger partial charge in [0.15, 0.2) is 0 Å². The number of carbonyl (C=O) groups excluding carboxylic acids is 2. The third-order valence-corrected chi connectivity index (χ3v) is 4.76. The van der Waals surface area contributed by atoms with Crippen LogP contribution in [-0.2, 0) is 9.59 Å². The molecule has 1 N–H and O–H groups in total. The fourth-order valence-corrected chi connectivity index (χ4v) is 3.39. The summed E-state index contributed by atoms with van der Waals surface area (Å²) in [6.45, 7) is 8.93. The molecule has 1 heterocycles. The van der Waals surface area contributed by atoms with Crippen LogP contribution in [0.15, 0.2) is 0 Å². The van der Waals surface area contributed by atoms with Gasteiger partial charge in [-0.15, -0.1) is 0 Å². The van der Waals surface area contributed by atoms with E-state index in [-0.39, 0.29) is 29.1 Å². The molecule has 1 aliphatic heterocycles. The fraction of sp³-hybridized carbons (Fsp3) is 0.800. The second-order valence-electron chi connectivity index (χ2n) is 6.68. The lowest BCUT2D eigenvalue weighted by molar-refractivity contribution is -0.143. The Morgan fingerprint density at radius 3 is 2.35 bits per heavy atom. The van der Waals surface area contributed by atoms with Crippen LogP contribution in [0.5, 0.6) is 0 Å². The Hall–Kier alpha value is -1.41. The molecule has 0 spiro atoms. The first-order chi connectivity index (χ1) is 9.28. The molecule has 2 aliphatic rings. The van der Waals surface area contributed by atoms with E-state index in [1.807, 2.05) is 27.7 Å². The van der Waals surface area contributed by atoms with Gasteiger partial charge in [0.05, 0.1) is 17.9 Å². The Morgan fingerprint density at radius 1 is 1.35 bits per heavy atom. The van der Waals surface area contributed by atoms with Crippen molar-refractivity contribution in [1.82, 2.24) is 10.2 Å². The highest BCUT2D eigenvalue weighted by molar-refractivity contribution is 6.10. The molecule has 1 saturated carbocycles. The van der Waals surface area contributed by atoms with Gasteiger partial charge < -0.3 is 0 Å². The summed E-state index contributed by atoms with van der Waals surface area (Å²) in [7, 11) is 0. The molecule has 110 valence electrons. The van der Waals surface area contributed by atoms with Gasteiger partial charge in [0.25, 0.3) is 0 Å². The molecule has 2 amide bonds. The van der Waals surface area contributed by atoms with Gasteiger partial charge in [-0.3, -0.25) is 19.8 Å². The van der Waals surface area contributed by atoms with Crippen molar-refractivity contribution in [2.24, 2.45) is 17.3 Å². The first-order valence-electron chi connectivity index (χ1n) is 7.30. The molecule has 3 atom stereocenters. The van der Waals surface area contributed by atoms with Gasteiger partial charge >= 0.3 is 0 Å². The molecule has 0 radical (unpaired) electrons. The molecule has 2 fully saturated rings. The van der Waals surface area contributed by atoms with Gasteiger partial charge in [0.1, 0.15) is 5.54 Å². The summed E-state index contributed by atoms with van der Waals surface area (Å²) in [6.07, 6.45) is 1.29. The van der Waals surface area contributed by atoms with Gasteiger partial charge in [-0.1, -0.05) is 20.8 Å². The van der Waals surface area contributed by atoms with Crippen molar-refractivity contribution in [3.8, 4) is 6.07 Å². The number of nitrogens with zero attached hydrogens (tertiary/aromatic N) is 2. The fourth-order valence-electron chi connectivity index (χ4n) is 3.39. The molecule has 0 aromatic carbocycles. The van der Waals surface area contributed by atoms with Crippen LogP contribution in [0.25, 0.3) is 0 Å². The smallest absolute Gasteiger partial charge is 0.233 e. The van der Waals surface area contributed by atoms with Crippen LogP contribution in [0.1, 0.15) is 40.5 Å². The maximum absolute atomic E-state index is 12.1. The molecular weight excluding hydrogens is 254 g/mol. The summed E-state index contributed by atoms with van der Waals surface area (Å²) in [4.78, 5) is 25.7. The number of likely N-dealkylation sites (tertiary alicyclic amines) is 1. The van der Waals surface area contributed by atoms with E-state index in [9.17, 15) is 14.9 Å². The Labute approximate surface area is 120 Å². The van der Waals surface area contributed by atoms with E-state index in [0.29, 0.717) is 19.4 Å². The van der Waals surface area contributed by atoms with Gasteiger partial charge in [-0.2, -0.15) is 5.26 Å². The number of hydrogen-bond acceptors (Lipinski definition) is 4. The van der Waals surface area contributed by atoms with Crippen LogP contribution in [0.3, 0.4) is 0 Å². The number of rotatable bonds is 6. The number of nitrogens with one attached hydrogen (secondary N) is 1. The third-order valence-electron chi connectivity index (χ3n) is 4.76. The molecule has 3 unspecified atom stereocenters. The molecule has 1 aliphatic carbocycles. The molecular formula is C15H23N3O2. The summed E-state index contributed by atoms with van der Waals surface area (Å²) >= 11 is 0. The number of piperidine rings is 1. The van der Waals surface area contributed by atoms with Crippen molar-refractivity contribution >= 4 is 11.8 Å². The van der Waals surface area contributed by atoms with Gasteiger partial charge in [0.2, 0.25) is 11.8 Å². The normalized spacial score (nSPS) is 29.9. The first-order valence-corrected chi connectivity index (χ1v) is 7.30. The third kappa shape index (κ3) is 2.22. The van der Waals surface area contributed by atoms with E-state index in [1.54, 1.807) is 0 Å². The largest absolute Gasteiger partial charge is 0.300 e. The highest BCUT2D eigenvalue weighted by Crippen LogP contribution is 2.63. The zero-order valence-corrected chi connectivity index (χ0v) is 12.7. The number of fused-ring (bicyclic) bond motifs is 1. The Bertz CT molecular complexity index is 456. The average Bonchev–Trinajstić information content (AvgIpc) is 2.85. The number of hydrogen-bond donors (Lipinski definition) is 1. The molecule has 1 saturated heterocycles. The lowest BCUT2D eigenvalue weighted by Crippen LogP contribution is -2.42. The van der Waals surface area contributed by atoms with Crippen LogP contribution in [0.2, 0.25) is 0 Å². The minimum Gasteiger partial charge on any atom is -0.300 e. The van der Waals surface area contributed by atoms with E-state index in [0.717, 1.165) is 6.54 Å². The van der Waals surface area contributed by atoms with E-state index in [2.05, 4.69) is 11.4 Å². The predicted molar refractivity (Wildman–Crippen MR) is 74.4 cm³/mol. The van der Waals surface area contributed by atoms with Crippen molar-refractivity contribution in [1.29, 1.82) is 5.26 Å². The molecule has 0 aromatic heterocycles. The summed E-state index contributed by atoms with van der Waals surface area (Å²) in [5.74, 6) is -0.253. The summed E-state index contributed by atoms with van der Waals surface area (Å²) in [6, 6.07) is 2.26.